The van der Waals surface area contributed by atoms with Gasteiger partial charge in [0.15, 0.2) is 0 Å². The highest BCUT2D eigenvalue weighted by Crippen LogP contribution is 2.31. The molecule has 1 fully saturated rings. The fraction of sp³-hybridized carbons (Fsp3) is 0.571. The third-order valence-corrected chi connectivity index (χ3v) is 3.46. The van der Waals surface area contributed by atoms with Crippen LogP contribution >= 0.6 is 0 Å². The van der Waals surface area contributed by atoms with Gasteiger partial charge in [0, 0.05) is 7.11 Å². The predicted octanol–water partition coefficient (Wildman–Crippen LogP) is 2.61. The summed E-state index contributed by atoms with van der Waals surface area (Å²) in [5.41, 5.74) is 2.73. The summed E-state index contributed by atoms with van der Waals surface area (Å²) in [7, 11) is 1.79. The van der Waals surface area contributed by atoms with Gasteiger partial charge in [-0.15, -0.1) is 0 Å². The first-order valence-electron chi connectivity index (χ1n) is 6.08. The van der Waals surface area contributed by atoms with Crippen molar-refractivity contribution in [2.75, 3.05) is 20.3 Å². The average molecular weight is 219 g/mol. The number of ether oxygens (including phenoxy) is 1. The number of benzene rings is 1. The van der Waals surface area contributed by atoms with Crippen LogP contribution in [0.25, 0.3) is 0 Å². The highest BCUT2D eigenvalue weighted by atomic mass is 16.5. The maximum atomic E-state index is 5.42. The van der Waals surface area contributed by atoms with E-state index in [1.54, 1.807) is 7.11 Å². The normalized spacial score (nSPS) is 25.6. The molecule has 1 unspecified atom stereocenters. The minimum absolute atomic E-state index is 0.0407. The Labute approximate surface area is 98.0 Å². The monoisotopic (exact) mass is 219 g/mol. The van der Waals surface area contributed by atoms with Crippen LogP contribution in [0.3, 0.4) is 0 Å². The van der Waals surface area contributed by atoms with E-state index in [-0.39, 0.29) is 5.54 Å². The summed E-state index contributed by atoms with van der Waals surface area (Å²) in [6, 6.07) is 8.77. The van der Waals surface area contributed by atoms with Gasteiger partial charge in [-0.2, -0.15) is 0 Å². The Morgan fingerprint density at radius 1 is 1.38 bits per heavy atom. The van der Waals surface area contributed by atoms with E-state index in [0.717, 1.165) is 13.2 Å². The number of hydrogen-bond donors (Lipinski definition) is 1. The van der Waals surface area contributed by atoms with Gasteiger partial charge in [0.05, 0.1) is 12.1 Å². The van der Waals surface area contributed by atoms with Crippen molar-refractivity contribution in [2.45, 2.75) is 31.7 Å². The molecule has 0 radical (unpaired) electrons. The minimum atomic E-state index is 0.0407. The summed E-state index contributed by atoms with van der Waals surface area (Å²) in [6.07, 6.45) is 3.73. The lowest BCUT2D eigenvalue weighted by atomic mass is 9.82. The van der Waals surface area contributed by atoms with Gasteiger partial charge in [-0.05, 0) is 38.3 Å². The second kappa shape index (κ2) is 4.98. The first kappa shape index (κ1) is 11.6. The van der Waals surface area contributed by atoms with Crippen LogP contribution in [0.15, 0.2) is 24.3 Å². The molecule has 1 atom stereocenters. The Kier molecular flexibility index (Phi) is 3.62. The van der Waals surface area contributed by atoms with Crippen LogP contribution < -0.4 is 5.32 Å². The molecule has 0 amide bonds. The summed E-state index contributed by atoms with van der Waals surface area (Å²) in [5, 5.41) is 3.65. The second-order valence-corrected chi connectivity index (χ2v) is 4.77. The van der Waals surface area contributed by atoms with Crippen molar-refractivity contribution in [3.63, 3.8) is 0 Å². The molecule has 1 aliphatic heterocycles. The van der Waals surface area contributed by atoms with Gasteiger partial charge in [-0.1, -0.05) is 29.8 Å². The number of methoxy groups -OCH3 is 1. The third kappa shape index (κ3) is 2.28. The fourth-order valence-corrected chi connectivity index (χ4v) is 2.61. The zero-order valence-electron chi connectivity index (χ0n) is 10.3. The maximum absolute atomic E-state index is 5.42. The summed E-state index contributed by atoms with van der Waals surface area (Å²) >= 11 is 0. The molecule has 0 saturated carbocycles. The molecule has 88 valence electrons. The molecule has 0 aromatic heterocycles. The van der Waals surface area contributed by atoms with E-state index in [0.29, 0.717) is 0 Å². The molecule has 2 rings (SSSR count). The molecule has 1 aliphatic rings. The Morgan fingerprint density at radius 3 is 2.88 bits per heavy atom. The highest BCUT2D eigenvalue weighted by molar-refractivity contribution is 5.29. The third-order valence-electron chi connectivity index (χ3n) is 3.46. The van der Waals surface area contributed by atoms with E-state index in [2.05, 4.69) is 36.5 Å². The molecule has 0 spiro atoms. The van der Waals surface area contributed by atoms with Crippen LogP contribution in [0, 0.1) is 6.92 Å². The molecule has 1 saturated heterocycles. The molecule has 0 aliphatic carbocycles. The molecule has 2 nitrogen and oxygen atoms in total. The Balaban J connectivity index is 2.30. The van der Waals surface area contributed by atoms with Crippen molar-refractivity contribution < 1.29 is 4.74 Å². The number of nitrogens with one attached hydrogen (secondary N) is 1. The number of hydrogen-bond acceptors (Lipinski definition) is 2. The van der Waals surface area contributed by atoms with E-state index in [9.17, 15) is 0 Å². The van der Waals surface area contributed by atoms with Gasteiger partial charge < -0.3 is 10.1 Å². The van der Waals surface area contributed by atoms with Crippen LogP contribution in [0.4, 0.5) is 0 Å². The first-order chi connectivity index (χ1) is 7.77. The Morgan fingerprint density at radius 2 is 2.25 bits per heavy atom. The average Bonchev–Trinajstić information content (AvgIpc) is 2.31. The largest absolute Gasteiger partial charge is 0.382 e. The topological polar surface area (TPSA) is 21.3 Å². The van der Waals surface area contributed by atoms with E-state index in [1.165, 1.54) is 30.4 Å². The molecule has 1 N–H and O–H groups in total. The summed E-state index contributed by atoms with van der Waals surface area (Å²) in [5.74, 6) is 0. The molecule has 2 heteroatoms. The Bertz CT molecular complexity index is 337. The summed E-state index contributed by atoms with van der Waals surface area (Å²) < 4.78 is 5.42. The van der Waals surface area contributed by atoms with E-state index in [1.807, 2.05) is 0 Å². The van der Waals surface area contributed by atoms with E-state index in [4.69, 9.17) is 4.74 Å². The van der Waals surface area contributed by atoms with Crippen LogP contribution in [0.2, 0.25) is 0 Å². The van der Waals surface area contributed by atoms with Gasteiger partial charge in [0.1, 0.15) is 0 Å². The lowest BCUT2D eigenvalue weighted by Gasteiger charge is -2.38. The zero-order valence-corrected chi connectivity index (χ0v) is 10.3. The first-order valence-corrected chi connectivity index (χ1v) is 6.08. The maximum Gasteiger partial charge on any atom is 0.0686 e. The lowest BCUT2D eigenvalue weighted by Crippen LogP contribution is -2.49. The fourth-order valence-electron chi connectivity index (χ4n) is 2.61. The highest BCUT2D eigenvalue weighted by Gasteiger charge is 2.33. The molecule has 0 bridgehead atoms. The molecule has 1 aromatic carbocycles. The van der Waals surface area contributed by atoms with Crippen LogP contribution in [-0.2, 0) is 10.3 Å². The standard InChI is InChI=1S/C14H21NO/c1-12-6-5-7-13(10-12)14(11-16-2)8-3-4-9-15-14/h5-7,10,15H,3-4,8-9,11H2,1-2H3. The van der Waals surface area contributed by atoms with Crippen molar-refractivity contribution in [1.82, 2.24) is 5.32 Å². The number of piperidine rings is 1. The van der Waals surface area contributed by atoms with Crippen LogP contribution in [0.1, 0.15) is 30.4 Å². The van der Waals surface area contributed by atoms with Crippen LogP contribution in [0.5, 0.6) is 0 Å². The van der Waals surface area contributed by atoms with Crippen molar-refractivity contribution in [3.05, 3.63) is 35.4 Å². The number of aryl methyl sites for hydroxylation is 1. The van der Waals surface area contributed by atoms with Gasteiger partial charge in [-0.25, -0.2) is 0 Å². The van der Waals surface area contributed by atoms with E-state index >= 15 is 0 Å². The zero-order chi connectivity index (χ0) is 11.4. The van der Waals surface area contributed by atoms with Crippen molar-refractivity contribution in [2.24, 2.45) is 0 Å². The molecular weight excluding hydrogens is 198 g/mol. The van der Waals surface area contributed by atoms with E-state index < -0.39 is 0 Å². The van der Waals surface area contributed by atoms with Crippen molar-refractivity contribution in [3.8, 4) is 0 Å². The molecule has 1 aromatic rings. The molecular formula is C14H21NO. The van der Waals surface area contributed by atoms with Gasteiger partial charge in [0.2, 0.25) is 0 Å². The van der Waals surface area contributed by atoms with Gasteiger partial charge in [-0.3, -0.25) is 0 Å². The SMILES string of the molecule is COCC1(c2cccc(C)c2)CCCCN1. The smallest absolute Gasteiger partial charge is 0.0686 e. The van der Waals surface area contributed by atoms with Crippen LogP contribution in [-0.4, -0.2) is 20.3 Å². The van der Waals surface area contributed by atoms with Crippen molar-refractivity contribution >= 4 is 0 Å². The number of rotatable bonds is 3. The van der Waals surface area contributed by atoms with Crippen molar-refractivity contribution in [1.29, 1.82) is 0 Å². The summed E-state index contributed by atoms with van der Waals surface area (Å²) in [4.78, 5) is 0. The second-order valence-electron chi connectivity index (χ2n) is 4.77. The quantitative estimate of drug-likeness (QED) is 0.843. The lowest BCUT2D eigenvalue weighted by molar-refractivity contribution is 0.0883. The minimum Gasteiger partial charge on any atom is -0.382 e. The summed E-state index contributed by atoms with van der Waals surface area (Å²) in [6.45, 7) is 4.00. The molecule has 16 heavy (non-hydrogen) atoms. The predicted molar refractivity (Wildman–Crippen MR) is 66.6 cm³/mol. The van der Waals surface area contributed by atoms with Gasteiger partial charge >= 0.3 is 0 Å². The Hall–Kier alpha value is -0.860. The molecule has 1 heterocycles. The van der Waals surface area contributed by atoms with Gasteiger partial charge in [0.25, 0.3) is 0 Å².